The van der Waals surface area contributed by atoms with Crippen LogP contribution in [0.15, 0.2) is 35.6 Å². The van der Waals surface area contributed by atoms with Crippen LogP contribution in [0.2, 0.25) is 0 Å². The van der Waals surface area contributed by atoms with Gasteiger partial charge in [-0.3, -0.25) is 14.5 Å². The molecule has 0 bridgehead atoms. The SMILES string of the molecule is COc1cccc(C2C(C(C)=O)=C(O)C(=O)N2CCN2CCNCC2)c1. The summed E-state index contributed by atoms with van der Waals surface area (Å²) in [6, 6.07) is 6.69. The number of nitrogens with one attached hydrogen (secondary N) is 1. The van der Waals surface area contributed by atoms with Crippen molar-refractivity contribution in [2.75, 3.05) is 46.4 Å². The van der Waals surface area contributed by atoms with E-state index in [-0.39, 0.29) is 11.4 Å². The molecule has 0 aromatic heterocycles. The molecule has 26 heavy (non-hydrogen) atoms. The zero-order chi connectivity index (χ0) is 18.7. The number of aliphatic hydroxyl groups is 1. The molecule has 140 valence electrons. The average molecular weight is 359 g/mol. The second kappa shape index (κ2) is 7.88. The first-order valence-corrected chi connectivity index (χ1v) is 8.85. The quantitative estimate of drug-likeness (QED) is 0.785. The summed E-state index contributed by atoms with van der Waals surface area (Å²) in [7, 11) is 1.57. The minimum atomic E-state index is -0.585. The number of piperazine rings is 1. The molecule has 1 aromatic rings. The van der Waals surface area contributed by atoms with Gasteiger partial charge in [0.15, 0.2) is 11.5 Å². The number of methoxy groups -OCH3 is 1. The third-order valence-corrected chi connectivity index (χ3v) is 4.96. The van der Waals surface area contributed by atoms with Crippen molar-refractivity contribution in [2.45, 2.75) is 13.0 Å². The average Bonchev–Trinajstić information content (AvgIpc) is 2.92. The second-order valence-corrected chi connectivity index (χ2v) is 6.59. The Morgan fingerprint density at radius 2 is 2.04 bits per heavy atom. The smallest absolute Gasteiger partial charge is 0.290 e. The molecular formula is C19H25N3O4. The molecule has 1 amide bonds. The fraction of sp³-hybridized carbons (Fsp3) is 0.474. The van der Waals surface area contributed by atoms with Crippen LogP contribution >= 0.6 is 0 Å². The van der Waals surface area contributed by atoms with Gasteiger partial charge in [-0.1, -0.05) is 12.1 Å². The third kappa shape index (κ3) is 3.59. The Hall–Kier alpha value is -2.38. The van der Waals surface area contributed by atoms with E-state index in [1.807, 2.05) is 18.2 Å². The van der Waals surface area contributed by atoms with Crippen LogP contribution in [0.5, 0.6) is 5.75 Å². The number of aliphatic hydroxyl groups excluding tert-OH is 1. The van der Waals surface area contributed by atoms with Crippen LogP contribution in [-0.2, 0) is 9.59 Å². The Morgan fingerprint density at radius 1 is 1.31 bits per heavy atom. The summed E-state index contributed by atoms with van der Waals surface area (Å²) < 4.78 is 5.27. The number of Topliss-reactive ketones (excluding diaryl/α,β-unsaturated/α-hetero) is 1. The summed E-state index contributed by atoms with van der Waals surface area (Å²) in [4.78, 5) is 28.6. The lowest BCUT2D eigenvalue weighted by Crippen LogP contribution is -2.47. The van der Waals surface area contributed by atoms with Crippen molar-refractivity contribution in [3.8, 4) is 5.75 Å². The lowest BCUT2D eigenvalue weighted by Gasteiger charge is -2.32. The van der Waals surface area contributed by atoms with Crippen molar-refractivity contribution in [1.29, 1.82) is 0 Å². The van der Waals surface area contributed by atoms with Crippen LogP contribution in [0.3, 0.4) is 0 Å². The van der Waals surface area contributed by atoms with Crippen molar-refractivity contribution in [2.24, 2.45) is 0 Å². The monoisotopic (exact) mass is 359 g/mol. The van der Waals surface area contributed by atoms with Gasteiger partial charge >= 0.3 is 0 Å². The molecule has 0 spiro atoms. The molecule has 2 aliphatic rings. The van der Waals surface area contributed by atoms with Crippen LogP contribution in [0.1, 0.15) is 18.5 Å². The number of nitrogens with zero attached hydrogens (tertiary/aromatic N) is 2. The van der Waals surface area contributed by atoms with E-state index in [2.05, 4.69) is 10.2 Å². The number of carbonyl (C=O) groups excluding carboxylic acids is 2. The molecule has 1 saturated heterocycles. The second-order valence-electron chi connectivity index (χ2n) is 6.59. The molecule has 7 heteroatoms. The summed E-state index contributed by atoms with van der Waals surface area (Å²) in [6.45, 7) is 6.22. The van der Waals surface area contributed by atoms with Gasteiger partial charge in [0, 0.05) is 39.3 Å². The van der Waals surface area contributed by atoms with E-state index in [1.165, 1.54) is 6.92 Å². The van der Waals surface area contributed by atoms with Crippen molar-refractivity contribution < 1.29 is 19.4 Å². The molecule has 1 aromatic carbocycles. The highest BCUT2D eigenvalue weighted by Crippen LogP contribution is 2.38. The lowest BCUT2D eigenvalue weighted by molar-refractivity contribution is -0.129. The van der Waals surface area contributed by atoms with Gasteiger partial charge in [-0.2, -0.15) is 0 Å². The molecule has 3 rings (SSSR count). The van der Waals surface area contributed by atoms with Gasteiger partial charge in [-0.15, -0.1) is 0 Å². The predicted octanol–water partition coefficient (Wildman–Crippen LogP) is 0.885. The summed E-state index contributed by atoms with van der Waals surface area (Å²) in [6.07, 6.45) is 0. The first kappa shape index (κ1) is 18.4. The molecule has 1 fully saturated rings. The molecule has 1 atom stereocenters. The maximum absolute atomic E-state index is 12.6. The molecule has 0 radical (unpaired) electrons. The Labute approximate surface area is 153 Å². The summed E-state index contributed by atoms with van der Waals surface area (Å²) in [5, 5.41) is 13.6. The fourth-order valence-electron chi connectivity index (χ4n) is 3.59. The van der Waals surface area contributed by atoms with E-state index in [1.54, 1.807) is 18.1 Å². The van der Waals surface area contributed by atoms with Crippen molar-refractivity contribution >= 4 is 11.7 Å². The van der Waals surface area contributed by atoms with E-state index >= 15 is 0 Å². The van der Waals surface area contributed by atoms with E-state index in [4.69, 9.17) is 4.74 Å². The molecule has 0 saturated carbocycles. The molecule has 2 heterocycles. The van der Waals surface area contributed by atoms with Crippen LogP contribution in [0, 0.1) is 0 Å². The predicted molar refractivity (Wildman–Crippen MR) is 97.1 cm³/mol. The van der Waals surface area contributed by atoms with E-state index < -0.39 is 17.7 Å². The largest absolute Gasteiger partial charge is 0.503 e. The Morgan fingerprint density at radius 3 is 2.69 bits per heavy atom. The maximum Gasteiger partial charge on any atom is 0.290 e. The van der Waals surface area contributed by atoms with Crippen LogP contribution < -0.4 is 10.1 Å². The normalized spacial score (nSPS) is 21.4. The number of ketones is 1. The number of ether oxygens (including phenoxy) is 1. The van der Waals surface area contributed by atoms with Crippen molar-refractivity contribution in [3.05, 3.63) is 41.2 Å². The topological polar surface area (TPSA) is 82.1 Å². The number of amides is 1. The number of carbonyl (C=O) groups is 2. The van der Waals surface area contributed by atoms with Crippen LogP contribution in [-0.4, -0.2) is 73.0 Å². The van der Waals surface area contributed by atoms with Gasteiger partial charge in [0.05, 0.1) is 18.7 Å². The highest BCUT2D eigenvalue weighted by atomic mass is 16.5. The zero-order valence-electron chi connectivity index (χ0n) is 15.2. The maximum atomic E-state index is 12.6. The van der Waals surface area contributed by atoms with E-state index in [0.29, 0.717) is 18.8 Å². The molecule has 7 nitrogen and oxygen atoms in total. The van der Waals surface area contributed by atoms with Gasteiger partial charge in [0.25, 0.3) is 5.91 Å². The van der Waals surface area contributed by atoms with E-state index in [9.17, 15) is 14.7 Å². The van der Waals surface area contributed by atoms with Gasteiger partial charge in [0.1, 0.15) is 5.75 Å². The first-order valence-electron chi connectivity index (χ1n) is 8.85. The highest BCUT2D eigenvalue weighted by Gasteiger charge is 2.42. The van der Waals surface area contributed by atoms with Crippen molar-refractivity contribution in [1.82, 2.24) is 15.1 Å². The van der Waals surface area contributed by atoms with Gasteiger partial charge < -0.3 is 20.1 Å². The van der Waals surface area contributed by atoms with Gasteiger partial charge in [-0.05, 0) is 24.6 Å². The standard InChI is InChI=1S/C19H25N3O4/c1-13(23)16-17(14-4-3-5-15(12-14)26-2)22(19(25)18(16)24)11-10-21-8-6-20-7-9-21/h3-5,12,17,20,24H,6-11H2,1-2H3. The Bertz CT molecular complexity index is 725. The minimum absolute atomic E-state index is 0.156. The molecular weight excluding hydrogens is 334 g/mol. The third-order valence-electron chi connectivity index (χ3n) is 4.96. The highest BCUT2D eigenvalue weighted by molar-refractivity contribution is 6.08. The minimum Gasteiger partial charge on any atom is -0.503 e. The zero-order valence-corrected chi connectivity index (χ0v) is 15.2. The van der Waals surface area contributed by atoms with Crippen molar-refractivity contribution in [3.63, 3.8) is 0 Å². The number of hydrogen-bond donors (Lipinski definition) is 2. The Balaban J connectivity index is 1.88. The number of hydrogen-bond acceptors (Lipinski definition) is 6. The molecule has 2 N–H and O–H groups in total. The molecule has 1 unspecified atom stereocenters. The summed E-state index contributed by atoms with van der Waals surface area (Å²) >= 11 is 0. The molecule has 2 aliphatic heterocycles. The van der Waals surface area contributed by atoms with Crippen LogP contribution in [0.4, 0.5) is 0 Å². The Kier molecular flexibility index (Phi) is 5.58. The van der Waals surface area contributed by atoms with E-state index in [0.717, 1.165) is 31.7 Å². The summed E-state index contributed by atoms with van der Waals surface area (Å²) in [5.41, 5.74) is 0.913. The number of benzene rings is 1. The summed E-state index contributed by atoms with van der Waals surface area (Å²) in [5.74, 6) is -0.580. The molecule has 0 aliphatic carbocycles. The van der Waals surface area contributed by atoms with Gasteiger partial charge in [-0.25, -0.2) is 0 Å². The van der Waals surface area contributed by atoms with Gasteiger partial charge in [0.2, 0.25) is 0 Å². The first-order chi connectivity index (χ1) is 12.5. The van der Waals surface area contributed by atoms with Crippen LogP contribution in [0.25, 0.3) is 0 Å². The number of rotatable bonds is 6. The lowest BCUT2D eigenvalue weighted by atomic mass is 9.96. The fourth-order valence-corrected chi connectivity index (χ4v) is 3.59.